The van der Waals surface area contributed by atoms with Crippen molar-refractivity contribution in [3.05, 3.63) is 217 Å². The van der Waals surface area contributed by atoms with Gasteiger partial charge in [0.05, 0.1) is 0 Å². The minimum Gasteiger partial charge on any atom is -0.310 e. The van der Waals surface area contributed by atoms with E-state index < -0.39 is 0 Å². The standard InChI is InChI=1S/C61H58N2.C4H10/c1-42(2)45-25-18-30-49(37-45)63(51-32-20-27-47(39-51)61(6,7)8)53-34-36-55-57(41-53)59(44-23-14-10-15-24-44)54-35-33-52(40-56(54)58(55)43-21-12-9-13-22-43)62(48-28-16-11-17-29-48)50-31-19-26-46(38-50)60(3,4)5;1-4(2)3/h9-42H,1-8H3;4H,1-3H3. The molecule has 338 valence electrons. The molecular formula is C65H68N2. The lowest BCUT2D eigenvalue weighted by Gasteiger charge is -2.30. The summed E-state index contributed by atoms with van der Waals surface area (Å²) >= 11 is 0. The molecule has 0 saturated heterocycles. The third-order valence-electron chi connectivity index (χ3n) is 12.5. The van der Waals surface area contributed by atoms with Gasteiger partial charge in [0, 0.05) is 34.1 Å². The van der Waals surface area contributed by atoms with Gasteiger partial charge in [-0.15, -0.1) is 0 Å². The van der Waals surface area contributed by atoms with Crippen LogP contribution in [-0.4, -0.2) is 0 Å². The minimum atomic E-state index is -0.000833. The van der Waals surface area contributed by atoms with Gasteiger partial charge in [-0.1, -0.05) is 204 Å². The topological polar surface area (TPSA) is 6.48 Å². The van der Waals surface area contributed by atoms with E-state index >= 15 is 0 Å². The van der Waals surface area contributed by atoms with Gasteiger partial charge in [-0.3, -0.25) is 0 Å². The Morgan fingerprint density at radius 1 is 0.313 bits per heavy atom. The van der Waals surface area contributed by atoms with E-state index in [9.17, 15) is 0 Å². The molecule has 2 nitrogen and oxygen atoms in total. The van der Waals surface area contributed by atoms with Crippen molar-refractivity contribution in [3.63, 3.8) is 0 Å². The Bertz CT molecular complexity index is 3090. The highest BCUT2D eigenvalue weighted by atomic mass is 15.1. The fourth-order valence-electron chi connectivity index (χ4n) is 9.03. The molecule has 2 heteroatoms. The van der Waals surface area contributed by atoms with Crippen LogP contribution in [0, 0.1) is 5.92 Å². The number of anilines is 6. The van der Waals surface area contributed by atoms with Gasteiger partial charge in [-0.2, -0.15) is 0 Å². The van der Waals surface area contributed by atoms with Gasteiger partial charge < -0.3 is 9.80 Å². The lowest BCUT2D eigenvalue weighted by molar-refractivity contribution is 0.590. The lowest BCUT2D eigenvalue weighted by Crippen LogP contribution is -2.14. The van der Waals surface area contributed by atoms with E-state index in [0.29, 0.717) is 5.92 Å². The first-order valence-corrected chi connectivity index (χ1v) is 24.2. The van der Waals surface area contributed by atoms with Gasteiger partial charge in [0.15, 0.2) is 0 Å². The smallest absolute Gasteiger partial charge is 0.0468 e. The molecule has 0 heterocycles. The maximum atomic E-state index is 2.45. The average molecular weight is 877 g/mol. The number of fused-ring (bicyclic) bond motifs is 2. The number of rotatable bonds is 9. The summed E-state index contributed by atoms with van der Waals surface area (Å²) in [5.41, 5.74) is 15.6. The van der Waals surface area contributed by atoms with Crippen LogP contribution in [0.15, 0.2) is 200 Å². The second-order valence-corrected chi connectivity index (χ2v) is 21.0. The third-order valence-corrected chi connectivity index (χ3v) is 12.5. The molecule has 0 saturated carbocycles. The summed E-state index contributed by atoms with van der Waals surface area (Å²) in [6.45, 7) is 24.8. The van der Waals surface area contributed by atoms with E-state index in [2.05, 4.69) is 286 Å². The van der Waals surface area contributed by atoms with Crippen LogP contribution in [0.25, 0.3) is 43.8 Å². The molecule has 0 radical (unpaired) electrons. The van der Waals surface area contributed by atoms with Crippen LogP contribution in [0.5, 0.6) is 0 Å². The number of hydrogen-bond acceptors (Lipinski definition) is 2. The quantitative estimate of drug-likeness (QED) is 0.133. The Balaban J connectivity index is 0.00000146. The molecule has 9 aromatic carbocycles. The summed E-state index contributed by atoms with van der Waals surface area (Å²) in [6, 6.07) is 74.2. The van der Waals surface area contributed by atoms with Gasteiger partial charge in [-0.05, 0) is 156 Å². The van der Waals surface area contributed by atoms with E-state index in [-0.39, 0.29) is 10.8 Å². The molecule has 0 unspecified atom stereocenters. The minimum absolute atomic E-state index is 0.000833. The fourth-order valence-corrected chi connectivity index (χ4v) is 9.03. The molecular weight excluding hydrogens is 809 g/mol. The van der Waals surface area contributed by atoms with Crippen LogP contribution >= 0.6 is 0 Å². The van der Waals surface area contributed by atoms with Crippen molar-refractivity contribution in [2.45, 2.75) is 92.9 Å². The second kappa shape index (κ2) is 19.5. The van der Waals surface area contributed by atoms with Crippen LogP contribution < -0.4 is 9.80 Å². The van der Waals surface area contributed by atoms with Crippen LogP contribution in [0.2, 0.25) is 0 Å². The summed E-state index contributed by atoms with van der Waals surface area (Å²) in [7, 11) is 0. The van der Waals surface area contributed by atoms with Crippen molar-refractivity contribution in [3.8, 4) is 22.3 Å². The van der Waals surface area contributed by atoms with Crippen molar-refractivity contribution in [2.24, 2.45) is 5.92 Å². The number of nitrogens with zero attached hydrogens (tertiary/aromatic N) is 2. The van der Waals surface area contributed by atoms with Gasteiger partial charge in [-0.25, -0.2) is 0 Å². The molecule has 0 N–H and O–H groups in total. The molecule has 0 aliphatic rings. The molecule has 0 atom stereocenters. The number of hydrogen-bond donors (Lipinski definition) is 0. The first kappa shape index (κ1) is 46.6. The Morgan fingerprint density at radius 2 is 0.657 bits per heavy atom. The summed E-state index contributed by atoms with van der Waals surface area (Å²) in [6.07, 6.45) is 0. The summed E-state index contributed by atoms with van der Waals surface area (Å²) in [5, 5.41) is 4.86. The van der Waals surface area contributed by atoms with E-state index in [4.69, 9.17) is 0 Å². The fraction of sp³-hybridized carbons (Fsp3) is 0.231. The first-order chi connectivity index (χ1) is 32.1. The van der Waals surface area contributed by atoms with Crippen LogP contribution in [0.1, 0.15) is 98.8 Å². The summed E-state index contributed by atoms with van der Waals surface area (Å²) in [5.74, 6) is 1.24. The van der Waals surface area contributed by atoms with Gasteiger partial charge >= 0.3 is 0 Å². The van der Waals surface area contributed by atoms with Crippen LogP contribution in [-0.2, 0) is 10.8 Å². The predicted molar refractivity (Wildman–Crippen MR) is 294 cm³/mol. The highest BCUT2D eigenvalue weighted by Gasteiger charge is 2.24. The largest absolute Gasteiger partial charge is 0.310 e. The molecule has 0 amide bonds. The zero-order chi connectivity index (χ0) is 47.5. The molecule has 9 aromatic rings. The first-order valence-electron chi connectivity index (χ1n) is 24.2. The summed E-state index contributed by atoms with van der Waals surface area (Å²) < 4.78 is 0. The highest BCUT2D eigenvalue weighted by molar-refractivity contribution is 6.22. The monoisotopic (exact) mass is 877 g/mol. The second-order valence-electron chi connectivity index (χ2n) is 21.0. The average Bonchev–Trinajstić information content (AvgIpc) is 3.31. The van der Waals surface area contributed by atoms with E-state index in [1.54, 1.807) is 0 Å². The van der Waals surface area contributed by atoms with Gasteiger partial charge in [0.1, 0.15) is 0 Å². The maximum absolute atomic E-state index is 2.45. The lowest BCUT2D eigenvalue weighted by atomic mass is 9.85. The third kappa shape index (κ3) is 10.3. The van der Waals surface area contributed by atoms with Crippen molar-refractivity contribution in [1.82, 2.24) is 0 Å². The van der Waals surface area contributed by atoms with Crippen LogP contribution in [0.4, 0.5) is 34.1 Å². The molecule has 0 bridgehead atoms. The Kier molecular flexibility index (Phi) is 13.6. The zero-order valence-electron chi connectivity index (χ0n) is 41.6. The number of para-hydroxylation sites is 1. The molecule has 0 aliphatic carbocycles. The summed E-state index contributed by atoms with van der Waals surface area (Å²) in [4.78, 5) is 4.86. The number of benzene rings is 9. The molecule has 0 spiro atoms. The maximum Gasteiger partial charge on any atom is 0.0468 e. The van der Waals surface area contributed by atoms with Crippen molar-refractivity contribution in [2.75, 3.05) is 9.80 Å². The van der Waals surface area contributed by atoms with E-state index in [1.807, 2.05) is 0 Å². The predicted octanol–water partition coefficient (Wildman–Crippen LogP) is 19.6. The highest BCUT2D eigenvalue weighted by Crippen LogP contribution is 2.49. The van der Waals surface area contributed by atoms with Crippen molar-refractivity contribution < 1.29 is 0 Å². The van der Waals surface area contributed by atoms with E-state index in [0.717, 1.165) is 40.0 Å². The molecule has 0 fully saturated rings. The van der Waals surface area contributed by atoms with Crippen LogP contribution in [0.3, 0.4) is 0 Å². The Hall–Kier alpha value is -6.90. The van der Waals surface area contributed by atoms with Gasteiger partial charge in [0.25, 0.3) is 0 Å². The van der Waals surface area contributed by atoms with E-state index in [1.165, 1.54) is 60.5 Å². The Morgan fingerprint density at radius 3 is 1.06 bits per heavy atom. The van der Waals surface area contributed by atoms with Crippen molar-refractivity contribution >= 4 is 55.7 Å². The molecule has 0 aromatic heterocycles. The molecule has 0 aliphatic heterocycles. The molecule has 9 rings (SSSR count). The normalized spacial score (nSPS) is 11.8. The Labute approximate surface area is 401 Å². The van der Waals surface area contributed by atoms with Gasteiger partial charge in [0.2, 0.25) is 0 Å². The van der Waals surface area contributed by atoms with Crippen molar-refractivity contribution in [1.29, 1.82) is 0 Å². The molecule has 67 heavy (non-hydrogen) atoms. The SMILES string of the molecule is CC(C)C.CC(C)c1cccc(N(c2cccc(C(C)(C)C)c2)c2ccc3c(-c4ccccc4)c4cc(N(c5ccccc5)c5cccc(C(C)(C)C)c5)ccc4c(-c4ccccc4)c3c2)c1. The zero-order valence-corrected chi connectivity index (χ0v) is 41.6.